The first-order valence-corrected chi connectivity index (χ1v) is 6.46. The zero-order valence-electron chi connectivity index (χ0n) is 9.53. The van der Waals surface area contributed by atoms with Crippen molar-refractivity contribution in [3.05, 3.63) is 26.3 Å². The summed E-state index contributed by atoms with van der Waals surface area (Å²) in [5.74, 6) is -0.721. The molecule has 0 spiro atoms. The number of alkyl halides is 3. The molecule has 0 aliphatic rings. The van der Waals surface area contributed by atoms with Gasteiger partial charge in [0.1, 0.15) is 0 Å². The van der Waals surface area contributed by atoms with E-state index in [0.717, 1.165) is 0 Å². The van der Waals surface area contributed by atoms with Crippen LogP contribution in [0.2, 0.25) is 5.02 Å². The molecule has 1 aromatic carbocycles. The summed E-state index contributed by atoms with van der Waals surface area (Å²) in [6.45, 7) is 3.28. The molecule has 0 fully saturated rings. The highest BCUT2D eigenvalue weighted by Gasteiger charge is 2.36. The van der Waals surface area contributed by atoms with Crippen molar-refractivity contribution in [1.29, 1.82) is 0 Å². The van der Waals surface area contributed by atoms with E-state index >= 15 is 0 Å². The van der Waals surface area contributed by atoms with Crippen LogP contribution in [0.5, 0.6) is 0 Å². The van der Waals surface area contributed by atoms with Crippen LogP contribution in [-0.2, 0) is 11.0 Å². The number of benzene rings is 1. The van der Waals surface area contributed by atoms with Crippen LogP contribution in [0.25, 0.3) is 0 Å². The van der Waals surface area contributed by atoms with E-state index < -0.39 is 16.8 Å². The summed E-state index contributed by atoms with van der Waals surface area (Å²) in [7, 11) is 0. The van der Waals surface area contributed by atoms with Crippen LogP contribution in [0.15, 0.2) is 12.1 Å². The van der Waals surface area contributed by atoms with Crippen LogP contribution in [-0.4, -0.2) is 5.91 Å². The van der Waals surface area contributed by atoms with E-state index in [2.05, 4.69) is 5.32 Å². The summed E-state index contributed by atoms with van der Waals surface area (Å²) < 4.78 is 38.3. The quantitative estimate of drug-likeness (QED) is 0.736. The number of amides is 1. The van der Waals surface area contributed by atoms with Crippen molar-refractivity contribution in [2.75, 3.05) is 5.32 Å². The minimum absolute atomic E-state index is 0.00681. The van der Waals surface area contributed by atoms with Crippen molar-refractivity contribution in [3.8, 4) is 0 Å². The smallest absolute Gasteiger partial charge is 0.325 e. The van der Waals surface area contributed by atoms with Gasteiger partial charge in [-0.3, -0.25) is 4.79 Å². The summed E-state index contributed by atoms with van der Waals surface area (Å²) in [5, 5.41) is 1.89. The molecule has 7 heteroatoms. The third-order valence-corrected chi connectivity index (χ3v) is 3.45. The Hall–Kier alpha value is -0.500. The molecule has 0 radical (unpaired) electrons. The highest BCUT2D eigenvalue weighted by atomic mass is 127. The van der Waals surface area contributed by atoms with E-state index in [9.17, 15) is 18.0 Å². The van der Waals surface area contributed by atoms with Crippen molar-refractivity contribution >= 4 is 45.8 Å². The van der Waals surface area contributed by atoms with Gasteiger partial charge in [0.05, 0.1) is 16.3 Å². The van der Waals surface area contributed by atoms with Gasteiger partial charge in [-0.1, -0.05) is 25.4 Å². The summed E-state index contributed by atoms with van der Waals surface area (Å²) in [6, 6.07) is 2.63. The van der Waals surface area contributed by atoms with Gasteiger partial charge in [-0.25, -0.2) is 0 Å². The molecule has 0 aliphatic heterocycles. The average Bonchev–Trinajstić information content (AvgIpc) is 2.20. The first-order valence-electron chi connectivity index (χ1n) is 5.00. The highest BCUT2D eigenvalue weighted by molar-refractivity contribution is 14.1. The van der Waals surface area contributed by atoms with Crippen molar-refractivity contribution in [2.45, 2.75) is 20.0 Å². The Kier molecular flexibility index (Phi) is 4.88. The second kappa shape index (κ2) is 5.64. The molecular formula is C11H10ClF3INO. The summed E-state index contributed by atoms with van der Waals surface area (Å²) >= 11 is 7.27. The van der Waals surface area contributed by atoms with Crippen molar-refractivity contribution in [2.24, 2.45) is 5.92 Å². The van der Waals surface area contributed by atoms with Crippen LogP contribution >= 0.6 is 34.2 Å². The van der Waals surface area contributed by atoms with E-state index in [0.29, 0.717) is 0 Å². The molecule has 100 valence electrons. The predicted octanol–water partition coefficient (Wildman–Crippen LogP) is 4.56. The van der Waals surface area contributed by atoms with Crippen LogP contribution < -0.4 is 5.32 Å². The Morgan fingerprint density at radius 1 is 1.39 bits per heavy atom. The zero-order valence-corrected chi connectivity index (χ0v) is 12.4. The molecule has 1 amide bonds. The molecule has 1 aromatic rings. The molecule has 0 heterocycles. The van der Waals surface area contributed by atoms with Gasteiger partial charge >= 0.3 is 6.18 Å². The third-order valence-electron chi connectivity index (χ3n) is 2.16. The van der Waals surface area contributed by atoms with Gasteiger partial charge < -0.3 is 5.32 Å². The van der Waals surface area contributed by atoms with Crippen molar-refractivity contribution in [3.63, 3.8) is 0 Å². The van der Waals surface area contributed by atoms with Crippen LogP contribution in [0, 0.1) is 9.49 Å². The number of nitrogens with one attached hydrogen (secondary N) is 1. The Bertz CT molecular complexity index is 474. The number of halogens is 5. The fourth-order valence-corrected chi connectivity index (χ4v) is 2.42. The lowest BCUT2D eigenvalue weighted by molar-refractivity contribution is -0.138. The monoisotopic (exact) mass is 391 g/mol. The first kappa shape index (κ1) is 15.6. The topological polar surface area (TPSA) is 29.1 Å². The molecule has 0 aliphatic carbocycles. The third kappa shape index (κ3) is 3.50. The second-order valence-electron chi connectivity index (χ2n) is 3.93. The Labute approximate surface area is 121 Å². The minimum Gasteiger partial charge on any atom is -0.325 e. The molecule has 1 N–H and O–H groups in total. The molecule has 18 heavy (non-hydrogen) atoms. The average molecular weight is 392 g/mol. The summed E-state index contributed by atoms with van der Waals surface area (Å²) in [4.78, 5) is 11.5. The van der Waals surface area contributed by atoms with Gasteiger partial charge in [0, 0.05) is 9.49 Å². The molecule has 2 nitrogen and oxygen atoms in total. The molecule has 0 unspecified atom stereocenters. The Morgan fingerprint density at radius 2 is 1.94 bits per heavy atom. The Balaban J connectivity index is 3.22. The minimum atomic E-state index is -4.55. The van der Waals surface area contributed by atoms with E-state index in [4.69, 9.17) is 11.6 Å². The normalized spacial score (nSPS) is 11.8. The number of rotatable bonds is 2. The van der Waals surface area contributed by atoms with Gasteiger partial charge in [-0.05, 0) is 34.7 Å². The number of hydrogen-bond acceptors (Lipinski definition) is 1. The molecule has 1 rings (SSSR count). The van der Waals surface area contributed by atoms with Gasteiger partial charge in [-0.15, -0.1) is 0 Å². The maximum absolute atomic E-state index is 12.8. The molecular weight excluding hydrogens is 381 g/mol. The lowest BCUT2D eigenvalue weighted by Gasteiger charge is -2.15. The maximum atomic E-state index is 12.8. The van der Waals surface area contributed by atoms with E-state index in [1.807, 2.05) is 0 Å². The molecule has 0 saturated carbocycles. The van der Waals surface area contributed by atoms with Gasteiger partial charge in [-0.2, -0.15) is 13.2 Å². The molecule has 0 saturated heterocycles. The maximum Gasteiger partial charge on any atom is 0.418 e. The Morgan fingerprint density at radius 3 is 2.39 bits per heavy atom. The van der Waals surface area contributed by atoms with Crippen LogP contribution in [0.1, 0.15) is 19.4 Å². The van der Waals surface area contributed by atoms with Crippen LogP contribution in [0.3, 0.4) is 0 Å². The summed E-state index contributed by atoms with van der Waals surface area (Å²) in [5.41, 5.74) is -0.950. The molecule has 0 atom stereocenters. The SMILES string of the molecule is CC(C)C(=O)Nc1ccc(I)c(C(F)(F)F)c1Cl. The number of anilines is 1. The molecule has 0 bridgehead atoms. The highest BCUT2D eigenvalue weighted by Crippen LogP contribution is 2.41. The number of carbonyl (C=O) groups is 1. The standard InChI is InChI=1S/C11H10ClF3INO/c1-5(2)10(18)17-7-4-3-6(16)8(9(7)12)11(13,14)15/h3-5H,1-2H3,(H,17,18). The second-order valence-corrected chi connectivity index (χ2v) is 5.47. The summed E-state index contributed by atoms with van der Waals surface area (Å²) in [6.07, 6.45) is -4.55. The van der Waals surface area contributed by atoms with Crippen LogP contribution in [0.4, 0.5) is 18.9 Å². The zero-order chi connectivity index (χ0) is 14.1. The van der Waals surface area contributed by atoms with Gasteiger partial charge in [0.2, 0.25) is 5.91 Å². The lowest BCUT2D eigenvalue weighted by atomic mass is 10.1. The van der Waals surface area contributed by atoms with Gasteiger partial charge in [0.15, 0.2) is 0 Å². The fourth-order valence-electron chi connectivity index (χ4n) is 1.19. The molecule has 0 aromatic heterocycles. The number of carbonyl (C=O) groups excluding carboxylic acids is 1. The van der Waals surface area contributed by atoms with E-state index in [1.165, 1.54) is 12.1 Å². The number of hydrogen-bond donors (Lipinski definition) is 1. The van der Waals surface area contributed by atoms with E-state index in [1.54, 1.807) is 36.4 Å². The largest absolute Gasteiger partial charge is 0.418 e. The van der Waals surface area contributed by atoms with Crippen molar-refractivity contribution in [1.82, 2.24) is 0 Å². The van der Waals surface area contributed by atoms with Crippen molar-refractivity contribution < 1.29 is 18.0 Å². The lowest BCUT2D eigenvalue weighted by Crippen LogP contribution is -2.19. The predicted molar refractivity (Wildman–Crippen MR) is 72.6 cm³/mol. The van der Waals surface area contributed by atoms with Gasteiger partial charge in [0.25, 0.3) is 0 Å². The fraction of sp³-hybridized carbons (Fsp3) is 0.364. The van der Waals surface area contributed by atoms with E-state index in [-0.39, 0.29) is 21.1 Å². The first-order chi connectivity index (χ1) is 8.14.